The third kappa shape index (κ3) is 3.89. The minimum Gasteiger partial charge on any atom is -0.378 e. The quantitative estimate of drug-likeness (QED) is 0.669. The lowest BCUT2D eigenvalue weighted by Crippen LogP contribution is -2.35. The van der Waals surface area contributed by atoms with Gasteiger partial charge in [0.05, 0.1) is 34.5 Å². The molecule has 0 unspecified atom stereocenters. The number of halogens is 2. The summed E-state index contributed by atoms with van der Waals surface area (Å²) in [4.78, 5) is 7.45. The van der Waals surface area contributed by atoms with Gasteiger partial charge in [-0.05, 0) is 18.2 Å². The first-order valence-corrected chi connectivity index (χ1v) is 8.32. The molecular formula is C14H14Cl2N4OS. The molecule has 1 saturated heterocycles. The van der Waals surface area contributed by atoms with Gasteiger partial charge >= 0.3 is 0 Å². The van der Waals surface area contributed by atoms with Crippen LogP contribution in [0, 0.1) is 0 Å². The summed E-state index contributed by atoms with van der Waals surface area (Å²) < 4.78 is 5.36. The molecule has 0 atom stereocenters. The molecule has 1 aliphatic heterocycles. The van der Waals surface area contributed by atoms with Crippen molar-refractivity contribution in [3.63, 3.8) is 0 Å². The van der Waals surface area contributed by atoms with Crippen molar-refractivity contribution in [1.82, 2.24) is 4.98 Å². The molecule has 1 aliphatic rings. The van der Waals surface area contributed by atoms with E-state index in [1.807, 2.05) is 6.07 Å². The molecule has 116 valence electrons. The van der Waals surface area contributed by atoms with Gasteiger partial charge in [-0.3, -0.25) is 5.43 Å². The number of hydrogen-bond acceptors (Lipinski definition) is 6. The van der Waals surface area contributed by atoms with E-state index in [2.05, 4.69) is 26.5 Å². The van der Waals surface area contributed by atoms with Crippen LogP contribution >= 0.6 is 34.5 Å². The zero-order valence-corrected chi connectivity index (χ0v) is 14.0. The molecule has 0 radical (unpaired) electrons. The van der Waals surface area contributed by atoms with E-state index >= 15 is 0 Å². The lowest BCUT2D eigenvalue weighted by atomic mass is 10.4. The Morgan fingerprint density at radius 3 is 2.91 bits per heavy atom. The van der Waals surface area contributed by atoms with E-state index in [1.165, 1.54) is 11.2 Å². The van der Waals surface area contributed by atoms with E-state index in [9.17, 15) is 0 Å². The molecule has 0 bridgehead atoms. The molecule has 1 N–H and O–H groups in total. The van der Waals surface area contributed by atoms with Crippen molar-refractivity contribution in [3.8, 4) is 0 Å². The lowest BCUT2D eigenvalue weighted by Gasteiger charge is -2.27. The summed E-state index contributed by atoms with van der Waals surface area (Å²) in [5, 5.41) is 6.32. The average Bonchev–Trinajstić information content (AvgIpc) is 2.99. The number of thiophene rings is 1. The highest BCUT2D eigenvalue weighted by molar-refractivity contribution is 7.17. The van der Waals surface area contributed by atoms with Gasteiger partial charge < -0.3 is 9.64 Å². The molecule has 3 heterocycles. The summed E-state index contributed by atoms with van der Waals surface area (Å²) in [6.45, 7) is 3.42. The number of nitrogens with zero attached hydrogens (tertiary/aromatic N) is 3. The fraction of sp³-hybridized carbons (Fsp3) is 0.286. The molecule has 8 heteroatoms. The van der Waals surface area contributed by atoms with Crippen LogP contribution in [0.1, 0.15) is 4.88 Å². The predicted octanol–water partition coefficient (Wildman–Crippen LogP) is 3.73. The number of pyridine rings is 1. The maximum Gasteiger partial charge on any atom is 0.165 e. The van der Waals surface area contributed by atoms with Crippen LogP contribution in [0.4, 0.5) is 10.8 Å². The van der Waals surface area contributed by atoms with Gasteiger partial charge in [0.1, 0.15) is 0 Å². The second kappa shape index (κ2) is 7.28. The van der Waals surface area contributed by atoms with Gasteiger partial charge in [-0.1, -0.05) is 23.2 Å². The third-order valence-corrected chi connectivity index (χ3v) is 4.68. The van der Waals surface area contributed by atoms with Crippen molar-refractivity contribution >= 4 is 51.6 Å². The van der Waals surface area contributed by atoms with Crippen molar-refractivity contribution in [3.05, 3.63) is 39.3 Å². The first-order chi connectivity index (χ1) is 10.7. The molecule has 0 spiro atoms. The van der Waals surface area contributed by atoms with Gasteiger partial charge in [-0.15, -0.1) is 11.3 Å². The molecule has 0 aliphatic carbocycles. The number of hydrazone groups is 1. The molecule has 0 amide bonds. The standard InChI is InChI=1S/C14H14Cl2N4OS/c15-10-7-12(16)14(17-8-10)19-18-9-11-1-2-13(22-11)20-3-5-21-6-4-20/h1-2,7-9H,3-6H2,(H,17,19)/b18-9+. The van der Waals surface area contributed by atoms with E-state index in [0.29, 0.717) is 15.9 Å². The van der Waals surface area contributed by atoms with Crippen LogP contribution in [0.2, 0.25) is 10.0 Å². The largest absolute Gasteiger partial charge is 0.378 e. The van der Waals surface area contributed by atoms with Crippen LogP contribution in [0.5, 0.6) is 0 Å². The first kappa shape index (κ1) is 15.6. The van der Waals surface area contributed by atoms with E-state index in [1.54, 1.807) is 23.6 Å². The Hall–Kier alpha value is -1.34. The Balaban J connectivity index is 1.62. The van der Waals surface area contributed by atoms with E-state index in [4.69, 9.17) is 27.9 Å². The molecular weight excluding hydrogens is 343 g/mol. The number of ether oxygens (including phenoxy) is 1. The van der Waals surface area contributed by atoms with Crippen LogP contribution in [0.25, 0.3) is 0 Å². The van der Waals surface area contributed by atoms with Crippen LogP contribution in [-0.4, -0.2) is 37.5 Å². The molecule has 2 aromatic heterocycles. The predicted molar refractivity (Wildman–Crippen MR) is 92.8 cm³/mol. The van der Waals surface area contributed by atoms with Crippen LogP contribution in [-0.2, 0) is 4.74 Å². The highest BCUT2D eigenvalue weighted by Gasteiger charge is 2.12. The highest BCUT2D eigenvalue weighted by atomic mass is 35.5. The van der Waals surface area contributed by atoms with Crippen LogP contribution in [0.3, 0.4) is 0 Å². The summed E-state index contributed by atoms with van der Waals surface area (Å²) >= 11 is 13.5. The van der Waals surface area contributed by atoms with Crippen molar-refractivity contribution in [2.75, 3.05) is 36.6 Å². The molecule has 2 aromatic rings. The van der Waals surface area contributed by atoms with Gasteiger partial charge in [0.15, 0.2) is 5.82 Å². The van der Waals surface area contributed by atoms with Crippen molar-refractivity contribution < 1.29 is 4.74 Å². The Morgan fingerprint density at radius 2 is 2.14 bits per heavy atom. The summed E-state index contributed by atoms with van der Waals surface area (Å²) in [6.07, 6.45) is 3.27. The molecule has 1 fully saturated rings. The van der Waals surface area contributed by atoms with Crippen LogP contribution < -0.4 is 10.3 Å². The maximum absolute atomic E-state index is 6.02. The minimum absolute atomic E-state index is 0.435. The number of hydrogen-bond donors (Lipinski definition) is 1. The summed E-state index contributed by atoms with van der Waals surface area (Å²) in [5.41, 5.74) is 2.82. The maximum atomic E-state index is 6.02. The number of nitrogens with one attached hydrogen (secondary N) is 1. The van der Waals surface area contributed by atoms with Gasteiger partial charge in [0.25, 0.3) is 0 Å². The minimum atomic E-state index is 0.435. The molecule has 0 aromatic carbocycles. The average molecular weight is 357 g/mol. The zero-order chi connectivity index (χ0) is 15.4. The Labute approximate surface area is 142 Å². The normalized spacial score (nSPS) is 15.5. The van der Waals surface area contributed by atoms with Gasteiger partial charge in [0, 0.05) is 24.2 Å². The zero-order valence-electron chi connectivity index (χ0n) is 11.6. The lowest BCUT2D eigenvalue weighted by molar-refractivity contribution is 0.123. The molecule has 3 rings (SSSR count). The Kier molecular flexibility index (Phi) is 5.15. The number of anilines is 2. The van der Waals surface area contributed by atoms with Crippen molar-refractivity contribution in [1.29, 1.82) is 0 Å². The topological polar surface area (TPSA) is 49.8 Å². The fourth-order valence-electron chi connectivity index (χ4n) is 2.02. The van der Waals surface area contributed by atoms with Crippen LogP contribution in [0.15, 0.2) is 29.5 Å². The van der Waals surface area contributed by atoms with Gasteiger partial charge in [0.2, 0.25) is 0 Å². The Bertz CT molecular complexity index is 671. The monoisotopic (exact) mass is 356 g/mol. The Morgan fingerprint density at radius 1 is 1.32 bits per heavy atom. The SMILES string of the molecule is Clc1cnc(N/N=C/c2ccc(N3CCOCC3)s2)c(Cl)c1. The number of morpholine rings is 1. The first-order valence-electron chi connectivity index (χ1n) is 6.75. The fourth-order valence-corrected chi connectivity index (χ4v) is 3.37. The van der Waals surface area contributed by atoms with E-state index < -0.39 is 0 Å². The second-order valence-electron chi connectivity index (χ2n) is 4.63. The molecule has 0 saturated carbocycles. The molecule has 22 heavy (non-hydrogen) atoms. The highest BCUT2D eigenvalue weighted by Crippen LogP contribution is 2.26. The summed E-state index contributed by atoms with van der Waals surface area (Å²) in [5.74, 6) is 0.479. The van der Waals surface area contributed by atoms with Crippen molar-refractivity contribution in [2.45, 2.75) is 0 Å². The third-order valence-electron chi connectivity index (χ3n) is 3.11. The second-order valence-corrected chi connectivity index (χ2v) is 6.57. The van der Waals surface area contributed by atoms with E-state index in [0.717, 1.165) is 31.2 Å². The summed E-state index contributed by atoms with van der Waals surface area (Å²) in [7, 11) is 0. The van der Waals surface area contributed by atoms with Crippen molar-refractivity contribution in [2.24, 2.45) is 5.10 Å². The van der Waals surface area contributed by atoms with Gasteiger partial charge in [-0.2, -0.15) is 5.10 Å². The number of rotatable bonds is 4. The molecule has 5 nitrogen and oxygen atoms in total. The van der Waals surface area contributed by atoms with E-state index in [-0.39, 0.29) is 0 Å². The number of aromatic nitrogens is 1. The smallest absolute Gasteiger partial charge is 0.165 e. The van der Waals surface area contributed by atoms with Gasteiger partial charge in [-0.25, -0.2) is 4.98 Å². The summed E-state index contributed by atoms with van der Waals surface area (Å²) in [6, 6.07) is 5.76.